The number of halogens is 1. The molecule has 3 nitrogen and oxygen atoms in total. The van der Waals surface area contributed by atoms with E-state index in [1.165, 1.54) is 12.1 Å². The average Bonchev–Trinajstić information content (AvgIpc) is 2.68. The molecular formula is C22H22FNO2. The predicted octanol–water partition coefficient (Wildman–Crippen LogP) is 5.17. The minimum Gasteiger partial charge on any atom is -0.463 e. The monoisotopic (exact) mass is 351 g/mol. The molecule has 0 amide bonds. The highest BCUT2D eigenvalue weighted by Gasteiger charge is 2.30. The van der Waals surface area contributed by atoms with Crippen molar-refractivity contribution in [3.8, 4) is 0 Å². The first-order chi connectivity index (χ1) is 12.7. The summed E-state index contributed by atoms with van der Waals surface area (Å²) in [5.74, 6) is -0.763. The van der Waals surface area contributed by atoms with Crippen LogP contribution in [0, 0.1) is 5.82 Å². The quantitative estimate of drug-likeness (QED) is 0.696. The van der Waals surface area contributed by atoms with Crippen LogP contribution >= 0.6 is 0 Å². The Bertz CT molecular complexity index is 825. The Morgan fingerprint density at radius 2 is 1.77 bits per heavy atom. The number of nitrogens with zero attached hydrogens (tertiary/aromatic N) is 1. The molecular weight excluding hydrogens is 329 g/mol. The Labute approximate surface area is 153 Å². The topological polar surface area (TPSA) is 29.5 Å². The molecule has 26 heavy (non-hydrogen) atoms. The first-order valence-corrected chi connectivity index (χ1v) is 8.84. The second kappa shape index (κ2) is 8.00. The lowest BCUT2D eigenvalue weighted by atomic mass is 9.86. The van der Waals surface area contributed by atoms with E-state index in [-0.39, 0.29) is 17.7 Å². The molecule has 0 N–H and O–H groups in total. The summed E-state index contributed by atoms with van der Waals surface area (Å²) in [5, 5.41) is 0. The largest absolute Gasteiger partial charge is 0.463 e. The molecule has 0 saturated carbocycles. The molecule has 0 spiro atoms. The molecule has 1 atom stereocenters. The number of carbonyl (C=O) groups is 1. The highest BCUT2D eigenvalue weighted by molar-refractivity contribution is 5.93. The molecule has 0 saturated heterocycles. The van der Waals surface area contributed by atoms with Gasteiger partial charge in [-0.1, -0.05) is 43.3 Å². The normalized spacial score (nSPS) is 16.7. The lowest BCUT2D eigenvalue weighted by Crippen LogP contribution is -2.27. The SMILES string of the molecule is CCOC(=O)C1=C(CC)N(c2ccc(F)cc2)C=CC1c1ccccc1. The van der Waals surface area contributed by atoms with Crippen LogP contribution in [0.2, 0.25) is 0 Å². The Kier molecular flexibility index (Phi) is 5.52. The van der Waals surface area contributed by atoms with E-state index < -0.39 is 0 Å². The third-order valence-electron chi connectivity index (χ3n) is 4.43. The van der Waals surface area contributed by atoms with Crippen LogP contribution in [-0.2, 0) is 9.53 Å². The molecule has 0 radical (unpaired) electrons. The molecule has 134 valence electrons. The van der Waals surface area contributed by atoms with Crippen molar-refractivity contribution >= 4 is 11.7 Å². The number of rotatable bonds is 5. The van der Waals surface area contributed by atoms with Crippen LogP contribution < -0.4 is 4.90 Å². The zero-order valence-corrected chi connectivity index (χ0v) is 15.0. The number of esters is 1. The van der Waals surface area contributed by atoms with Crippen molar-refractivity contribution in [2.45, 2.75) is 26.2 Å². The van der Waals surface area contributed by atoms with E-state index in [0.29, 0.717) is 18.6 Å². The van der Waals surface area contributed by atoms with E-state index in [9.17, 15) is 9.18 Å². The van der Waals surface area contributed by atoms with E-state index in [2.05, 4.69) is 0 Å². The Balaban J connectivity index is 2.10. The number of hydrogen-bond donors (Lipinski definition) is 0. The minimum atomic E-state index is -0.310. The fraction of sp³-hybridized carbons (Fsp3) is 0.227. The average molecular weight is 351 g/mol. The standard InChI is InChI=1S/C22H22FNO2/c1-3-20-21(22(25)26-4-2)19(16-8-6-5-7-9-16)14-15-24(20)18-12-10-17(23)11-13-18/h5-15,19H,3-4H2,1-2H3. The molecule has 0 aromatic heterocycles. The fourth-order valence-corrected chi connectivity index (χ4v) is 3.26. The number of carbonyl (C=O) groups excluding carboxylic acids is 1. The van der Waals surface area contributed by atoms with Crippen molar-refractivity contribution in [2.24, 2.45) is 0 Å². The summed E-state index contributed by atoms with van der Waals surface area (Å²) in [4.78, 5) is 14.7. The van der Waals surface area contributed by atoms with Gasteiger partial charge in [0.1, 0.15) is 5.82 Å². The Morgan fingerprint density at radius 1 is 1.08 bits per heavy atom. The third-order valence-corrected chi connectivity index (χ3v) is 4.43. The second-order valence-electron chi connectivity index (χ2n) is 6.01. The van der Waals surface area contributed by atoms with Crippen LogP contribution in [0.4, 0.5) is 10.1 Å². The van der Waals surface area contributed by atoms with Crippen molar-refractivity contribution < 1.29 is 13.9 Å². The summed E-state index contributed by atoms with van der Waals surface area (Å²) in [6.07, 6.45) is 4.59. The molecule has 1 aliphatic rings. The van der Waals surface area contributed by atoms with Gasteiger partial charge in [-0.15, -0.1) is 0 Å². The fourth-order valence-electron chi connectivity index (χ4n) is 3.26. The third kappa shape index (κ3) is 3.54. The Hall–Kier alpha value is -2.88. The Morgan fingerprint density at radius 3 is 2.38 bits per heavy atom. The van der Waals surface area contributed by atoms with Gasteiger partial charge in [0.2, 0.25) is 0 Å². The highest BCUT2D eigenvalue weighted by atomic mass is 19.1. The molecule has 1 aliphatic heterocycles. The highest BCUT2D eigenvalue weighted by Crippen LogP contribution is 2.37. The first kappa shape index (κ1) is 17.9. The summed E-state index contributed by atoms with van der Waals surface area (Å²) < 4.78 is 18.7. The van der Waals surface area contributed by atoms with Gasteiger partial charge in [0.15, 0.2) is 0 Å². The summed E-state index contributed by atoms with van der Waals surface area (Å²) in [6, 6.07) is 16.2. The zero-order valence-electron chi connectivity index (χ0n) is 15.0. The van der Waals surface area contributed by atoms with Gasteiger partial charge in [0, 0.05) is 23.5 Å². The first-order valence-electron chi connectivity index (χ1n) is 8.84. The van der Waals surface area contributed by atoms with E-state index in [4.69, 9.17) is 4.74 Å². The van der Waals surface area contributed by atoms with Gasteiger partial charge in [-0.3, -0.25) is 0 Å². The van der Waals surface area contributed by atoms with E-state index in [1.807, 2.05) is 54.4 Å². The lowest BCUT2D eigenvalue weighted by molar-refractivity contribution is -0.138. The predicted molar refractivity (Wildman–Crippen MR) is 101 cm³/mol. The lowest BCUT2D eigenvalue weighted by Gasteiger charge is -2.32. The van der Waals surface area contributed by atoms with Gasteiger partial charge in [-0.05, 0) is 43.2 Å². The van der Waals surface area contributed by atoms with Crippen molar-refractivity contribution in [3.63, 3.8) is 0 Å². The maximum atomic E-state index is 13.3. The van der Waals surface area contributed by atoms with Gasteiger partial charge < -0.3 is 9.64 Å². The number of hydrogen-bond acceptors (Lipinski definition) is 3. The smallest absolute Gasteiger partial charge is 0.336 e. The molecule has 0 aliphatic carbocycles. The van der Waals surface area contributed by atoms with Crippen molar-refractivity contribution in [1.82, 2.24) is 0 Å². The van der Waals surface area contributed by atoms with E-state index in [0.717, 1.165) is 16.9 Å². The molecule has 1 unspecified atom stereocenters. The van der Waals surface area contributed by atoms with E-state index >= 15 is 0 Å². The van der Waals surface area contributed by atoms with Crippen LogP contribution in [0.1, 0.15) is 31.7 Å². The van der Waals surface area contributed by atoms with Gasteiger partial charge >= 0.3 is 5.97 Å². The summed E-state index contributed by atoms with van der Waals surface area (Å²) in [7, 11) is 0. The van der Waals surface area contributed by atoms with Gasteiger partial charge in [0.05, 0.1) is 12.2 Å². The van der Waals surface area contributed by atoms with Crippen LogP contribution in [0.3, 0.4) is 0 Å². The number of anilines is 1. The molecule has 4 heteroatoms. The summed E-state index contributed by atoms with van der Waals surface area (Å²) in [5.41, 5.74) is 3.35. The van der Waals surface area contributed by atoms with E-state index in [1.54, 1.807) is 19.1 Å². The maximum Gasteiger partial charge on any atom is 0.336 e. The van der Waals surface area contributed by atoms with Crippen LogP contribution in [0.15, 0.2) is 78.1 Å². The van der Waals surface area contributed by atoms with Gasteiger partial charge in [-0.25, -0.2) is 9.18 Å². The van der Waals surface area contributed by atoms with Crippen molar-refractivity contribution in [3.05, 3.63) is 89.5 Å². The number of allylic oxidation sites excluding steroid dienone is 2. The molecule has 0 fully saturated rings. The van der Waals surface area contributed by atoms with Gasteiger partial charge in [0.25, 0.3) is 0 Å². The molecule has 2 aromatic carbocycles. The van der Waals surface area contributed by atoms with Crippen molar-refractivity contribution in [2.75, 3.05) is 11.5 Å². The number of benzene rings is 2. The molecule has 3 rings (SSSR count). The second-order valence-corrected chi connectivity index (χ2v) is 6.01. The number of ether oxygens (including phenoxy) is 1. The summed E-state index contributed by atoms with van der Waals surface area (Å²) >= 11 is 0. The maximum absolute atomic E-state index is 13.3. The van der Waals surface area contributed by atoms with Crippen LogP contribution in [-0.4, -0.2) is 12.6 Å². The summed E-state index contributed by atoms with van der Waals surface area (Å²) in [6.45, 7) is 4.13. The minimum absolute atomic E-state index is 0.165. The zero-order chi connectivity index (χ0) is 18.5. The molecule has 1 heterocycles. The molecule has 2 aromatic rings. The van der Waals surface area contributed by atoms with Crippen molar-refractivity contribution in [1.29, 1.82) is 0 Å². The van der Waals surface area contributed by atoms with Gasteiger partial charge in [-0.2, -0.15) is 0 Å². The molecule has 0 bridgehead atoms. The van der Waals surface area contributed by atoms with Crippen LogP contribution in [0.25, 0.3) is 0 Å². The van der Waals surface area contributed by atoms with Crippen LogP contribution in [0.5, 0.6) is 0 Å².